The van der Waals surface area contributed by atoms with Crippen molar-refractivity contribution < 1.29 is 9.18 Å². The maximum Gasteiger partial charge on any atom is 0.284 e. The third-order valence-electron chi connectivity index (χ3n) is 3.92. The molecule has 8 nitrogen and oxygen atoms in total. The summed E-state index contributed by atoms with van der Waals surface area (Å²) in [6.45, 7) is -0.253. The average molecular weight is 399 g/mol. The number of carbonyl (C=O) groups is 1. The van der Waals surface area contributed by atoms with Crippen molar-refractivity contribution in [1.82, 2.24) is 24.5 Å². The molecule has 2 aromatic carbocycles. The Kier molecular flexibility index (Phi) is 4.58. The Hall–Kier alpha value is -3.59. The van der Waals surface area contributed by atoms with Crippen LogP contribution in [0.2, 0.25) is 5.02 Å². The molecule has 0 radical (unpaired) electrons. The molecule has 0 bridgehead atoms. The number of aromatic nitrogens is 5. The average Bonchev–Trinajstić information content (AvgIpc) is 3.11. The van der Waals surface area contributed by atoms with Gasteiger partial charge in [0.15, 0.2) is 11.2 Å². The molecular weight excluding hydrogens is 387 g/mol. The van der Waals surface area contributed by atoms with E-state index in [9.17, 15) is 14.0 Å². The molecule has 0 aliphatic heterocycles. The Morgan fingerprint density at radius 2 is 1.96 bits per heavy atom. The van der Waals surface area contributed by atoms with Crippen LogP contribution in [0.5, 0.6) is 0 Å². The number of nitrogens with zero attached hydrogens (tertiary/aromatic N) is 5. The molecule has 0 saturated carbocycles. The molecule has 2 aromatic heterocycles. The van der Waals surface area contributed by atoms with Gasteiger partial charge in [-0.1, -0.05) is 22.9 Å². The van der Waals surface area contributed by atoms with E-state index in [-0.39, 0.29) is 17.7 Å². The molecule has 0 aliphatic carbocycles. The molecule has 1 N–H and O–H groups in total. The fraction of sp³-hybridized carbons (Fsp3) is 0.0556. The van der Waals surface area contributed by atoms with E-state index in [1.54, 1.807) is 30.3 Å². The van der Waals surface area contributed by atoms with Crippen molar-refractivity contribution >= 4 is 34.4 Å². The summed E-state index contributed by atoms with van der Waals surface area (Å²) in [5.74, 6) is -0.864. The first-order chi connectivity index (χ1) is 13.5. The molecule has 4 rings (SSSR count). The van der Waals surface area contributed by atoms with Gasteiger partial charge in [-0.25, -0.2) is 9.37 Å². The van der Waals surface area contributed by atoms with Gasteiger partial charge in [0.2, 0.25) is 5.91 Å². The van der Waals surface area contributed by atoms with Crippen molar-refractivity contribution in [3.63, 3.8) is 0 Å². The first kappa shape index (κ1) is 17.8. The number of carbonyl (C=O) groups excluding carboxylic acids is 1. The third kappa shape index (κ3) is 3.47. The minimum atomic E-state index is -0.529. The number of amides is 1. The van der Waals surface area contributed by atoms with Crippen LogP contribution in [0, 0.1) is 5.82 Å². The maximum atomic E-state index is 13.4. The van der Waals surface area contributed by atoms with Gasteiger partial charge in [0.05, 0.1) is 5.69 Å². The van der Waals surface area contributed by atoms with Gasteiger partial charge in [0, 0.05) is 10.7 Å². The Morgan fingerprint density at radius 3 is 2.71 bits per heavy atom. The second kappa shape index (κ2) is 7.20. The van der Waals surface area contributed by atoms with Crippen LogP contribution in [0.4, 0.5) is 10.1 Å². The molecule has 0 aliphatic rings. The van der Waals surface area contributed by atoms with Crippen LogP contribution in [0.15, 0.2) is 59.7 Å². The predicted octanol–water partition coefficient (Wildman–Crippen LogP) is 2.41. The monoisotopic (exact) mass is 398 g/mol. The molecular formula is C18H12ClFN6O2. The number of fused-ring (bicyclic) bond motifs is 1. The summed E-state index contributed by atoms with van der Waals surface area (Å²) in [6, 6.07) is 12.3. The van der Waals surface area contributed by atoms with Crippen molar-refractivity contribution in [2.75, 3.05) is 5.32 Å². The highest BCUT2D eigenvalue weighted by molar-refractivity contribution is 6.30. The molecule has 140 valence electrons. The van der Waals surface area contributed by atoms with Crippen LogP contribution in [-0.4, -0.2) is 30.5 Å². The van der Waals surface area contributed by atoms with Gasteiger partial charge < -0.3 is 5.32 Å². The normalized spacial score (nSPS) is 10.9. The number of halogens is 2. The lowest BCUT2D eigenvalue weighted by molar-refractivity contribution is -0.116. The van der Waals surface area contributed by atoms with E-state index in [0.717, 1.165) is 4.57 Å². The van der Waals surface area contributed by atoms with Crippen molar-refractivity contribution in [1.29, 1.82) is 0 Å². The zero-order chi connectivity index (χ0) is 19.7. The molecule has 10 heteroatoms. The molecule has 28 heavy (non-hydrogen) atoms. The summed E-state index contributed by atoms with van der Waals surface area (Å²) in [4.78, 5) is 29.0. The molecule has 1 amide bonds. The summed E-state index contributed by atoms with van der Waals surface area (Å²) in [5, 5.41) is 10.9. The fourth-order valence-corrected chi connectivity index (χ4v) is 2.75. The first-order valence-electron chi connectivity index (χ1n) is 8.13. The summed E-state index contributed by atoms with van der Waals surface area (Å²) >= 11 is 5.81. The summed E-state index contributed by atoms with van der Waals surface area (Å²) < 4.78 is 15.8. The quantitative estimate of drug-likeness (QED) is 0.569. The third-order valence-corrected chi connectivity index (χ3v) is 4.18. The Balaban J connectivity index is 1.61. The number of benzene rings is 2. The second-order valence-electron chi connectivity index (χ2n) is 5.89. The highest BCUT2D eigenvalue weighted by atomic mass is 35.5. The van der Waals surface area contributed by atoms with Crippen molar-refractivity contribution in [2.24, 2.45) is 0 Å². The van der Waals surface area contributed by atoms with Gasteiger partial charge in [-0.3, -0.25) is 14.2 Å². The zero-order valence-electron chi connectivity index (χ0n) is 14.2. The standard InChI is InChI=1S/C18H12ClFN6O2/c19-11-4-6-13(7-5-11)22-15(27)9-25-10-21-17-16(18(25)28)23-24-26(17)14-3-1-2-12(20)8-14/h1-8,10H,9H2,(H,22,27). The maximum absolute atomic E-state index is 13.4. The van der Waals surface area contributed by atoms with Gasteiger partial charge in [-0.2, -0.15) is 4.68 Å². The van der Waals surface area contributed by atoms with Crippen LogP contribution in [0.1, 0.15) is 0 Å². The lowest BCUT2D eigenvalue weighted by atomic mass is 10.3. The highest BCUT2D eigenvalue weighted by Crippen LogP contribution is 2.14. The Labute approximate surface area is 162 Å². The minimum Gasteiger partial charge on any atom is -0.325 e. The lowest BCUT2D eigenvalue weighted by Crippen LogP contribution is -2.28. The summed E-state index contributed by atoms with van der Waals surface area (Å²) in [6.07, 6.45) is 1.23. The van der Waals surface area contributed by atoms with Gasteiger partial charge in [-0.15, -0.1) is 5.10 Å². The van der Waals surface area contributed by atoms with E-state index in [1.807, 2.05) is 0 Å². The van der Waals surface area contributed by atoms with E-state index < -0.39 is 17.3 Å². The highest BCUT2D eigenvalue weighted by Gasteiger charge is 2.15. The molecule has 2 heterocycles. The van der Waals surface area contributed by atoms with Crippen molar-refractivity contribution in [3.8, 4) is 5.69 Å². The molecule has 0 atom stereocenters. The largest absolute Gasteiger partial charge is 0.325 e. The van der Waals surface area contributed by atoms with E-state index in [0.29, 0.717) is 16.4 Å². The smallest absolute Gasteiger partial charge is 0.284 e. The van der Waals surface area contributed by atoms with Gasteiger partial charge in [0.1, 0.15) is 18.7 Å². The minimum absolute atomic E-state index is 0.0222. The molecule has 4 aromatic rings. The predicted molar refractivity (Wildman–Crippen MR) is 101 cm³/mol. The lowest BCUT2D eigenvalue weighted by Gasteiger charge is -2.07. The van der Waals surface area contributed by atoms with E-state index in [2.05, 4.69) is 20.6 Å². The summed E-state index contributed by atoms with van der Waals surface area (Å²) in [7, 11) is 0. The molecule has 0 unspecified atom stereocenters. The zero-order valence-corrected chi connectivity index (χ0v) is 15.0. The topological polar surface area (TPSA) is 94.7 Å². The summed E-state index contributed by atoms with van der Waals surface area (Å²) in [5.41, 5.74) is 0.552. The van der Waals surface area contributed by atoms with Gasteiger partial charge in [0.25, 0.3) is 5.56 Å². The van der Waals surface area contributed by atoms with Crippen LogP contribution in [-0.2, 0) is 11.3 Å². The molecule has 0 fully saturated rings. The number of nitrogens with one attached hydrogen (secondary N) is 1. The Bertz CT molecular complexity index is 1240. The second-order valence-corrected chi connectivity index (χ2v) is 6.32. The van der Waals surface area contributed by atoms with Crippen LogP contribution >= 0.6 is 11.6 Å². The molecule has 0 spiro atoms. The number of rotatable bonds is 4. The fourth-order valence-electron chi connectivity index (χ4n) is 2.63. The van der Waals surface area contributed by atoms with Gasteiger partial charge >= 0.3 is 0 Å². The van der Waals surface area contributed by atoms with E-state index in [4.69, 9.17) is 11.6 Å². The number of anilines is 1. The molecule has 0 saturated heterocycles. The SMILES string of the molecule is O=C(Cn1cnc2c(nnn2-c2cccc(F)c2)c1=O)Nc1ccc(Cl)cc1. The van der Waals surface area contributed by atoms with Crippen LogP contribution in [0.3, 0.4) is 0 Å². The number of hydrogen-bond acceptors (Lipinski definition) is 5. The van der Waals surface area contributed by atoms with Gasteiger partial charge in [-0.05, 0) is 42.5 Å². The van der Waals surface area contributed by atoms with Crippen LogP contribution in [0.25, 0.3) is 16.9 Å². The number of hydrogen-bond donors (Lipinski definition) is 1. The van der Waals surface area contributed by atoms with E-state index in [1.165, 1.54) is 29.2 Å². The van der Waals surface area contributed by atoms with Crippen molar-refractivity contribution in [3.05, 3.63) is 76.1 Å². The van der Waals surface area contributed by atoms with Crippen LogP contribution < -0.4 is 10.9 Å². The Morgan fingerprint density at radius 1 is 1.18 bits per heavy atom. The first-order valence-corrected chi connectivity index (χ1v) is 8.51. The van der Waals surface area contributed by atoms with Crippen molar-refractivity contribution in [2.45, 2.75) is 6.54 Å². The van der Waals surface area contributed by atoms with E-state index >= 15 is 0 Å².